The van der Waals surface area contributed by atoms with Gasteiger partial charge in [0.2, 0.25) is 0 Å². The van der Waals surface area contributed by atoms with Crippen molar-refractivity contribution in [2.45, 2.75) is 20.3 Å². The maximum Gasteiger partial charge on any atom is 0.307 e. The number of benzene rings is 2. The molecule has 0 aliphatic carbocycles. The zero-order valence-corrected chi connectivity index (χ0v) is 13.0. The highest BCUT2D eigenvalue weighted by molar-refractivity contribution is 5.78. The smallest absolute Gasteiger partial charge is 0.307 e. The van der Waals surface area contributed by atoms with Crippen molar-refractivity contribution < 1.29 is 9.53 Å². The van der Waals surface area contributed by atoms with E-state index < -0.39 is 0 Å². The van der Waals surface area contributed by atoms with Crippen LogP contribution in [0.25, 0.3) is 5.57 Å². The third kappa shape index (κ3) is 4.74. The van der Waals surface area contributed by atoms with Gasteiger partial charge >= 0.3 is 5.97 Å². The van der Waals surface area contributed by atoms with Crippen molar-refractivity contribution in [1.29, 1.82) is 0 Å². The molecule has 0 saturated carbocycles. The molecule has 2 rings (SSSR count). The molecular weight excluding hydrogens is 272 g/mol. The van der Waals surface area contributed by atoms with Crippen molar-refractivity contribution in [3.05, 3.63) is 89.7 Å². The summed E-state index contributed by atoms with van der Waals surface area (Å²) in [6.45, 7) is 3.23. The highest BCUT2D eigenvalue weighted by Gasteiger charge is 2.06. The molecule has 0 spiro atoms. The Morgan fingerprint density at radius 1 is 0.955 bits per heavy atom. The van der Waals surface area contributed by atoms with Crippen LogP contribution in [0.3, 0.4) is 0 Å². The molecule has 0 unspecified atom stereocenters. The van der Waals surface area contributed by atoms with Gasteiger partial charge in [0, 0.05) is 12.5 Å². The lowest BCUT2D eigenvalue weighted by Crippen LogP contribution is -1.98. The molecule has 0 bridgehead atoms. The summed E-state index contributed by atoms with van der Waals surface area (Å²) in [6, 6.07) is 20.2. The number of allylic oxidation sites excluding steroid dienone is 4. The highest BCUT2D eigenvalue weighted by atomic mass is 16.5. The third-order valence-electron chi connectivity index (χ3n) is 3.24. The van der Waals surface area contributed by atoms with Crippen LogP contribution in [0.1, 0.15) is 25.0 Å². The monoisotopic (exact) mass is 292 g/mol. The molecule has 0 fully saturated rings. The summed E-state index contributed by atoms with van der Waals surface area (Å²) in [5, 5.41) is 0. The van der Waals surface area contributed by atoms with Crippen LogP contribution in [0.15, 0.2) is 78.6 Å². The van der Waals surface area contributed by atoms with E-state index in [4.69, 9.17) is 4.74 Å². The fraction of sp³-hybridized carbons (Fsp3) is 0.150. The Bertz CT molecular complexity index is 667. The van der Waals surface area contributed by atoms with E-state index in [0.29, 0.717) is 5.76 Å². The molecule has 0 amide bonds. The minimum Gasteiger partial charge on any atom is -0.431 e. The number of rotatable bonds is 5. The number of hydrogen-bond acceptors (Lipinski definition) is 2. The van der Waals surface area contributed by atoms with E-state index in [1.165, 1.54) is 12.5 Å². The first kappa shape index (κ1) is 15.8. The largest absolute Gasteiger partial charge is 0.431 e. The van der Waals surface area contributed by atoms with E-state index in [1.54, 1.807) is 0 Å². The molecule has 0 N–H and O–H groups in total. The Hall–Kier alpha value is -2.61. The molecule has 0 atom stereocenters. The normalized spacial score (nSPS) is 12.1. The second-order valence-electron chi connectivity index (χ2n) is 5.02. The van der Waals surface area contributed by atoms with Crippen LogP contribution in [0, 0.1) is 0 Å². The zero-order valence-electron chi connectivity index (χ0n) is 13.0. The van der Waals surface area contributed by atoms with Gasteiger partial charge in [-0.3, -0.25) is 4.79 Å². The third-order valence-corrected chi connectivity index (χ3v) is 3.24. The van der Waals surface area contributed by atoms with Gasteiger partial charge in [-0.1, -0.05) is 72.8 Å². The highest BCUT2D eigenvalue weighted by Crippen LogP contribution is 2.21. The molecule has 0 saturated heterocycles. The standard InChI is InChI=1S/C20H20O2/c1-16(22-17(2)21)20(19-13-7-4-8-14-19)15-9-12-18-10-5-3-6-11-18/h3-11,13-15H,12H2,1-2H3/b15-9+,20-16-. The molecule has 2 aromatic rings. The van der Waals surface area contributed by atoms with E-state index in [9.17, 15) is 4.79 Å². The summed E-state index contributed by atoms with van der Waals surface area (Å²) in [7, 11) is 0. The lowest BCUT2D eigenvalue weighted by molar-refractivity contribution is -0.136. The topological polar surface area (TPSA) is 26.3 Å². The molecule has 112 valence electrons. The first-order valence-electron chi connectivity index (χ1n) is 7.32. The van der Waals surface area contributed by atoms with Gasteiger partial charge in [-0.2, -0.15) is 0 Å². The SMILES string of the molecule is CC(=O)O/C(C)=C(/C=C/Cc1ccccc1)c1ccccc1. The van der Waals surface area contributed by atoms with Gasteiger partial charge in [0.15, 0.2) is 0 Å². The van der Waals surface area contributed by atoms with Gasteiger partial charge < -0.3 is 4.74 Å². The maximum atomic E-state index is 11.2. The summed E-state index contributed by atoms with van der Waals surface area (Å²) in [5.74, 6) is 0.311. The summed E-state index contributed by atoms with van der Waals surface area (Å²) in [6.07, 6.45) is 4.94. The van der Waals surface area contributed by atoms with Crippen LogP contribution >= 0.6 is 0 Å². The molecular formula is C20H20O2. The van der Waals surface area contributed by atoms with Gasteiger partial charge in [-0.05, 0) is 24.5 Å². The molecule has 0 aliphatic heterocycles. The van der Waals surface area contributed by atoms with Gasteiger partial charge in [0.05, 0.1) is 0 Å². The minimum absolute atomic E-state index is 0.303. The summed E-state index contributed by atoms with van der Waals surface area (Å²) in [4.78, 5) is 11.2. The van der Waals surface area contributed by atoms with E-state index in [1.807, 2.05) is 61.5 Å². The molecule has 0 aliphatic rings. The van der Waals surface area contributed by atoms with Gasteiger partial charge in [-0.15, -0.1) is 0 Å². The van der Waals surface area contributed by atoms with Crippen molar-refractivity contribution in [3.8, 4) is 0 Å². The van der Waals surface area contributed by atoms with E-state index >= 15 is 0 Å². The molecule has 0 aromatic heterocycles. The van der Waals surface area contributed by atoms with Crippen LogP contribution in [-0.2, 0) is 16.0 Å². The lowest BCUT2D eigenvalue weighted by atomic mass is 10.0. The summed E-state index contributed by atoms with van der Waals surface area (Å²) < 4.78 is 5.26. The Balaban J connectivity index is 2.23. The van der Waals surface area contributed by atoms with E-state index in [2.05, 4.69) is 18.2 Å². The molecule has 2 heteroatoms. The van der Waals surface area contributed by atoms with Gasteiger partial charge in [0.1, 0.15) is 5.76 Å². The number of carbonyl (C=O) groups excluding carboxylic acids is 1. The van der Waals surface area contributed by atoms with Crippen LogP contribution < -0.4 is 0 Å². The maximum absolute atomic E-state index is 11.2. The minimum atomic E-state index is -0.303. The second kappa shape index (κ2) is 7.99. The summed E-state index contributed by atoms with van der Waals surface area (Å²) in [5.41, 5.74) is 3.20. The first-order valence-corrected chi connectivity index (χ1v) is 7.32. The Morgan fingerprint density at radius 2 is 1.55 bits per heavy atom. The van der Waals surface area contributed by atoms with E-state index in [0.717, 1.165) is 17.6 Å². The van der Waals surface area contributed by atoms with Gasteiger partial charge in [0.25, 0.3) is 0 Å². The average molecular weight is 292 g/mol. The van der Waals surface area contributed by atoms with Crippen molar-refractivity contribution in [1.82, 2.24) is 0 Å². The molecule has 22 heavy (non-hydrogen) atoms. The molecule has 0 radical (unpaired) electrons. The Labute approximate surface area is 131 Å². The summed E-state index contributed by atoms with van der Waals surface area (Å²) >= 11 is 0. The molecule has 0 heterocycles. The lowest BCUT2D eigenvalue weighted by Gasteiger charge is -2.08. The first-order chi connectivity index (χ1) is 10.7. The van der Waals surface area contributed by atoms with Crippen LogP contribution in [0.2, 0.25) is 0 Å². The number of carbonyl (C=O) groups is 1. The fourth-order valence-corrected chi connectivity index (χ4v) is 2.23. The van der Waals surface area contributed by atoms with Crippen molar-refractivity contribution in [2.24, 2.45) is 0 Å². The van der Waals surface area contributed by atoms with Crippen LogP contribution in [0.4, 0.5) is 0 Å². The van der Waals surface area contributed by atoms with Crippen LogP contribution in [-0.4, -0.2) is 5.97 Å². The number of hydrogen-bond donors (Lipinski definition) is 0. The second-order valence-corrected chi connectivity index (χ2v) is 5.02. The van der Waals surface area contributed by atoms with Gasteiger partial charge in [-0.25, -0.2) is 0 Å². The van der Waals surface area contributed by atoms with E-state index in [-0.39, 0.29) is 5.97 Å². The van der Waals surface area contributed by atoms with Crippen molar-refractivity contribution in [3.63, 3.8) is 0 Å². The Morgan fingerprint density at radius 3 is 2.14 bits per heavy atom. The molecule has 2 aromatic carbocycles. The number of ether oxygens (including phenoxy) is 1. The zero-order chi connectivity index (χ0) is 15.8. The van der Waals surface area contributed by atoms with Crippen LogP contribution in [0.5, 0.6) is 0 Å². The quantitative estimate of drug-likeness (QED) is 0.450. The van der Waals surface area contributed by atoms with Crippen molar-refractivity contribution in [2.75, 3.05) is 0 Å². The van der Waals surface area contributed by atoms with Crippen molar-refractivity contribution >= 4 is 11.5 Å². The predicted molar refractivity (Wildman–Crippen MR) is 90.1 cm³/mol. The predicted octanol–water partition coefficient (Wildman–Crippen LogP) is 4.78. The Kier molecular flexibility index (Phi) is 5.73. The molecule has 2 nitrogen and oxygen atoms in total. The number of esters is 1. The average Bonchev–Trinajstić information content (AvgIpc) is 2.52. The fourth-order valence-electron chi connectivity index (χ4n) is 2.23.